The fourth-order valence-electron chi connectivity index (χ4n) is 2.48. The molecule has 1 unspecified atom stereocenters. The van der Waals surface area contributed by atoms with Crippen molar-refractivity contribution in [3.05, 3.63) is 24.0 Å². The molecule has 18 heavy (non-hydrogen) atoms. The van der Waals surface area contributed by atoms with Crippen molar-refractivity contribution < 1.29 is 4.79 Å². The summed E-state index contributed by atoms with van der Waals surface area (Å²) in [5.74, 6) is -0.477. The Labute approximate surface area is 107 Å². The molecule has 1 fully saturated rings. The van der Waals surface area contributed by atoms with E-state index in [2.05, 4.69) is 22.1 Å². The number of nitrogens with zero attached hydrogens (tertiary/aromatic N) is 2. The minimum atomic E-state index is -0.477. The number of carbonyl (C=O) groups is 1. The molecule has 1 aromatic rings. The van der Waals surface area contributed by atoms with Crippen LogP contribution in [0, 0.1) is 0 Å². The lowest BCUT2D eigenvalue weighted by Crippen LogP contribution is -2.46. The minimum Gasteiger partial charge on any atom is -0.367 e. The van der Waals surface area contributed by atoms with Crippen molar-refractivity contribution in [3.63, 3.8) is 0 Å². The number of hydrogen-bond donors (Lipinski definition) is 2. The quantitative estimate of drug-likeness (QED) is 0.825. The Morgan fingerprint density at radius 2 is 2.50 bits per heavy atom. The Balaban J connectivity index is 2.20. The number of aromatic nitrogens is 1. The number of carbonyl (C=O) groups excluding carboxylic acids is 1. The summed E-state index contributed by atoms with van der Waals surface area (Å²) in [4.78, 5) is 17.5. The molecule has 5 heteroatoms. The number of anilines is 1. The Kier molecular flexibility index (Phi) is 4.15. The molecule has 0 saturated carbocycles. The lowest BCUT2D eigenvalue weighted by atomic mass is 10.1. The third kappa shape index (κ3) is 2.79. The highest BCUT2D eigenvalue weighted by Gasteiger charge is 2.20. The van der Waals surface area contributed by atoms with Crippen LogP contribution in [-0.2, 0) is 0 Å². The maximum atomic E-state index is 11.2. The molecule has 2 heterocycles. The first kappa shape index (κ1) is 12.8. The van der Waals surface area contributed by atoms with E-state index >= 15 is 0 Å². The molecule has 0 spiro atoms. The summed E-state index contributed by atoms with van der Waals surface area (Å²) in [6.07, 6.45) is 4.01. The SMILES string of the molecule is CCN(c1ccnc(C(N)=O)c1)C1CCCNC1. The molecule has 1 atom stereocenters. The van der Waals surface area contributed by atoms with Gasteiger partial charge in [-0.05, 0) is 38.4 Å². The molecule has 0 aliphatic carbocycles. The molecular formula is C13H20N4O. The monoisotopic (exact) mass is 248 g/mol. The van der Waals surface area contributed by atoms with Crippen LogP contribution in [0.5, 0.6) is 0 Å². The van der Waals surface area contributed by atoms with E-state index in [1.54, 1.807) is 12.3 Å². The number of hydrogen-bond acceptors (Lipinski definition) is 4. The molecule has 0 bridgehead atoms. The predicted molar refractivity (Wildman–Crippen MR) is 71.7 cm³/mol. The molecular weight excluding hydrogens is 228 g/mol. The first-order valence-corrected chi connectivity index (χ1v) is 6.45. The van der Waals surface area contributed by atoms with E-state index in [0.717, 1.165) is 25.3 Å². The summed E-state index contributed by atoms with van der Waals surface area (Å²) >= 11 is 0. The van der Waals surface area contributed by atoms with Gasteiger partial charge in [-0.1, -0.05) is 0 Å². The van der Waals surface area contributed by atoms with E-state index in [-0.39, 0.29) is 0 Å². The van der Waals surface area contributed by atoms with Gasteiger partial charge in [0.05, 0.1) is 0 Å². The molecule has 3 N–H and O–H groups in total. The average Bonchev–Trinajstić information content (AvgIpc) is 2.41. The minimum absolute atomic E-state index is 0.328. The van der Waals surface area contributed by atoms with Crippen molar-refractivity contribution in [1.82, 2.24) is 10.3 Å². The molecule has 5 nitrogen and oxygen atoms in total. The largest absolute Gasteiger partial charge is 0.367 e. The maximum absolute atomic E-state index is 11.2. The second-order valence-corrected chi connectivity index (χ2v) is 4.55. The van der Waals surface area contributed by atoms with Crippen molar-refractivity contribution in [3.8, 4) is 0 Å². The zero-order valence-corrected chi connectivity index (χ0v) is 10.7. The summed E-state index contributed by atoms with van der Waals surface area (Å²) in [6.45, 7) is 5.12. The van der Waals surface area contributed by atoms with E-state index in [0.29, 0.717) is 11.7 Å². The van der Waals surface area contributed by atoms with Gasteiger partial charge in [0.1, 0.15) is 5.69 Å². The van der Waals surface area contributed by atoms with Crippen LogP contribution in [0.15, 0.2) is 18.3 Å². The zero-order chi connectivity index (χ0) is 13.0. The predicted octanol–water partition coefficient (Wildman–Crippen LogP) is 0.759. The molecule has 0 aromatic carbocycles. The van der Waals surface area contributed by atoms with Crippen molar-refractivity contribution in [1.29, 1.82) is 0 Å². The Hall–Kier alpha value is -1.62. The lowest BCUT2D eigenvalue weighted by Gasteiger charge is -2.35. The third-order valence-corrected chi connectivity index (χ3v) is 3.38. The zero-order valence-electron chi connectivity index (χ0n) is 10.7. The molecule has 1 aliphatic heterocycles. The lowest BCUT2D eigenvalue weighted by molar-refractivity contribution is 0.0995. The van der Waals surface area contributed by atoms with E-state index < -0.39 is 5.91 Å². The van der Waals surface area contributed by atoms with Gasteiger partial charge in [0, 0.05) is 31.0 Å². The van der Waals surface area contributed by atoms with Gasteiger partial charge in [-0.25, -0.2) is 0 Å². The number of nitrogens with one attached hydrogen (secondary N) is 1. The second kappa shape index (κ2) is 5.82. The number of piperidine rings is 1. The molecule has 1 aliphatic rings. The molecule has 1 aromatic heterocycles. The van der Waals surface area contributed by atoms with Crippen LogP contribution in [0.4, 0.5) is 5.69 Å². The van der Waals surface area contributed by atoms with Crippen molar-refractivity contribution in [2.45, 2.75) is 25.8 Å². The smallest absolute Gasteiger partial charge is 0.267 e. The van der Waals surface area contributed by atoms with E-state index in [1.807, 2.05) is 6.07 Å². The van der Waals surface area contributed by atoms with Crippen LogP contribution in [0.25, 0.3) is 0 Å². The Morgan fingerprint density at radius 1 is 1.67 bits per heavy atom. The third-order valence-electron chi connectivity index (χ3n) is 3.38. The number of primary amides is 1. The van der Waals surface area contributed by atoms with E-state index in [1.165, 1.54) is 12.8 Å². The molecule has 2 rings (SSSR count). The number of amides is 1. The fraction of sp³-hybridized carbons (Fsp3) is 0.538. The summed E-state index contributed by atoms with van der Waals surface area (Å²) < 4.78 is 0. The van der Waals surface area contributed by atoms with Crippen LogP contribution in [-0.4, -0.2) is 36.6 Å². The van der Waals surface area contributed by atoms with Crippen molar-refractivity contribution >= 4 is 11.6 Å². The summed E-state index contributed by atoms with van der Waals surface area (Å²) in [7, 11) is 0. The van der Waals surface area contributed by atoms with Gasteiger partial charge in [0.25, 0.3) is 5.91 Å². The van der Waals surface area contributed by atoms with Crippen molar-refractivity contribution in [2.75, 3.05) is 24.5 Å². The first-order valence-electron chi connectivity index (χ1n) is 6.45. The Bertz CT molecular complexity index is 415. The van der Waals surface area contributed by atoms with Crippen LogP contribution < -0.4 is 16.0 Å². The van der Waals surface area contributed by atoms with Crippen LogP contribution in [0.1, 0.15) is 30.3 Å². The second-order valence-electron chi connectivity index (χ2n) is 4.55. The number of nitrogens with two attached hydrogens (primary N) is 1. The highest BCUT2D eigenvalue weighted by atomic mass is 16.1. The van der Waals surface area contributed by atoms with Crippen LogP contribution in [0.2, 0.25) is 0 Å². The van der Waals surface area contributed by atoms with E-state index in [4.69, 9.17) is 5.73 Å². The maximum Gasteiger partial charge on any atom is 0.267 e. The molecule has 98 valence electrons. The van der Waals surface area contributed by atoms with Crippen molar-refractivity contribution in [2.24, 2.45) is 5.73 Å². The normalized spacial score (nSPS) is 19.5. The first-order chi connectivity index (χ1) is 8.72. The number of likely N-dealkylation sites (N-methyl/N-ethyl adjacent to an activating group) is 1. The van der Waals surface area contributed by atoms with Gasteiger partial charge in [-0.2, -0.15) is 0 Å². The highest BCUT2D eigenvalue weighted by molar-refractivity contribution is 5.91. The number of rotatable bonds is 4. The Morgan fingerprint density at radius 3 is 3.11 bits per heavy atom. The van der Waals surface area contributed by atoms with Gasteiger partial charge in [-0.3, -0.25) is 9.78 Å². The fourth-order valence-corrected chi connectivity index (χ4v) is 2.48. The summed E-state index contributed by atoms with van der Waals surface area (Å²) in [6, 6.07) is 4.19. The van der Waals surface area contributed by atoms with Gasteiger partial charge in [-0.15, -0.1) is 0 Å². The van der Waals surface area contributed by atoms with Gasteiger partial charge in [0.2, 0.25) is 0 Å². The standard InChI is InChI=1S/C13H20N4O/c1-2-17(11-4-3-6-15-9-11)10-5-7-16-12(8-10)13(14)18/h5,7-8,11,15H,2-4,6,9H2,1H3,(H2,14,18). The summed E-state index contributed by atoms with van der Waals surface area (Å²) in [5.41, 5.74) is 6.62. The molecule has 1 saturated heterocycles. The van der Waals surface area contributed by atoms with Crippen LogP contribution in [0.3, 0.4) is 0 Å². The topological polar surface area (TPSA) is 71.2 Å². The van der Waals surface area contributed by atoms with Gasteiger partial charge < -0.3 is 16.0 Å². The van der Waals surface area contributed by atoms with E-state index in [9.17, 15) is 4.79 Å². The van der Waals surface area contributed by atoms with Crippen LogP contribution >= 0.6 is 0 Å². The molecule has 0 radical (unpaired) electrons. The average molecular weight is 248 g/mol. The van der Waals surface area contributed by atoms with Gasteiger partial charge >= 0.3 is 0 Å². The number of pyridine rings is 1. The highest BCUT2D eigenvalue weighted by Crippen LogP contribution is 2.20. The molecule has 1 amide bonds. The summed E-state index contributed by atoms with van der Waals surface area (Å²) in [5, 5.41) is 3.41. The van der Waals surface area contributed by atoms with Gasteiger partial charge in [0.15, 0.2) is 0 Å².